The van der Waals surface area contributed by atoms with E-state index >= 15 is 0 Å². The summed E-state index contributed by atoms with van der Waals surface area (Å²) >= 11 is 1.81. The first-order valence-corrected chi connectivity index (χ1v) is 11.1. The molecule has 0 saturated carbocycles. The van der Waals surface area contributed by atoms with E-state index in [0.29, 0.717) is 12.5 Å². The fourth-order valence-corrected chi connectivity index (χ4v) is 2.05. The van der Waals surface area contributed by atoms with Crippen LogP contribution in [0.2, 0.25) is 0 Å². The molecule has 4 amide bonds. The Hall–Kier alpha value is -2.30. The Balaban J connectivity index is -0.000000464. The monoisotopic (exact) mass is 450 g/mol. The Labute approximate surface area is 184 Å². The number of rotatable bonds is 12. The van der Waals surface area contributed by atoms with Gasteiger partial charge in [-0.15, -0.1) is 0 Å². The molecule has 0 radical (unpaired) electrons. The van der Waals surface area contributed by atoms with Crippen LogP contribution in [0.25, 0.3) is 0 Å². The molecule has 0 spiro atoms. The largest absolute Gasteiger partial charge is 0.468 e. The van der Waals surface area contributed by atoms with Gasteiger partial charge in [0.1, 0.15) is 6.54 Å². The molecule has 0 aliphatic carbocycles. The van der Waals surface area contributed by atoms with Crippen molar-refractivity contribution in [2.75, 3.05) is 38.8 Å². The van der Waals surface area contributed by atoms with Crippen LogP contribution in [0.15, 0.2) is 0 Å². The summed E-state index contributed by atoms with van der Waals surface area (Å²) in [6.45, 7) is 9.16. The van der Waals surface area contributed by atoms with E-state index in [2.05, 4.69) is 39.2 Å². The van der Waals surface area contributed by atoms with Crippen molar-refractivity contribution < 1.29 is 28.7 Å². The van der Waals surface area contributed by atoms with Gasteiger partial charge in [0.15, 0.2) is 0 Å². The van der Waals surface area contributed by atoms with Crippen molar-refractivity contribution >= 4 is 41.9 Å². The normalized spacial score (nSPS) is 10.1. The molecule has 0 aromatic rings. The van der Waals surface area contributed by atoms with Gasteiger partial charge in [-0.2, -0.15) is 11.8 Å². The lowest BCUT2D eigenvalue weighted by Gasteiger charge is -2.14. The summed E-state index contributed by atoms with van der Waals surface area (Å²) in [6, 6.07) is 0.312. The smallest absolute Gasteiger partial charge is 0.325 e. The molecule has 11 heteroatoms. The van der Waals surface area contributed by atoms with Gasteiger partial charge >= 0.3 is 5.97 Å². The minimum absolute atomic E-state index is 0.0988. The Morgan fingerprint density at radius 1 is 0.967 bits per heavy atom. The number of esters is 1. The zero-order valence-electron chi connectivity index (χ0n) is 19.1. The van der Waals surface area contributed by atoms with E-state index in [1.54, 1.807) is 0 Å². The van der Waals surface area contributed by atoms with E-state index in [0.717, 1.165) is 12.2 Å². The summed E-state index contributed by atoms with van der Waals surface area (Å²) in [4.78, 5) is 53.6. The number of carbonyl (C=O) groups is 5. The van der Waals surface area contributed by atoms with E-state index in [1.807, 2.05) is 39.5 Å². The third-order valence-electron chi connectivity index (χ3n) is 3.12. The van der Waals surface area contributed by atoms with Crippen molar-refractivity contribution in [1.29, 1.82) is 0 Å². The molecule has 0 aliphatic rings. The van der Waals surface area contributed by atoms with Gasteiger partial charge in [-0.1, -0.05) is 27.7 Å². The maximum atomic E-state index is 11.2. The highest BCUT2D eigenvalue weighted by molar-refractivity contribution is 7.98. The molecule has 0 saturated heterocycles. The summed E-state index contributed by atoms with van der Waals surface area (Å²) in [6.07, 6.45) is 3.51. The number of methoxy groups -OCH3 is 1. The summed E-state index contributed by atoms with van der Waals surface area (Å²) in [5, 5.41) is 9.56. The Morgan fingerprint density at radius 3 is 1.97 bits per heavy atom. The summed E-state index contributed by atoms with van der Waals surface area (Å²) < 4.78 is 4.29. The molecule has 0 fully saturated rings. The molecule has 1 atom stereocenters. The lowest BCUT2D eigenvalue weighted by Crippen LogP contribution is -2.41. The van der Waals surface area contributed by atoms with Crippen molar-refractivity contribution in [3.05, 3.63) is 0 Å². The van der Waals surface area contributed by atoms with Gasteiger partial charge < -0.3 is 26.0 Å². The topological polar surface area (TPSA) is 143 Å². The van der Waals surface area contributed by atoms with Gasteiger partial charge in [0.05, 0.1) is 20.2 Å². The van der Waals surface area contributed by atoms with E-state index < -0.39 is 17.8 Å². The predicted molar refractivity (Wildman–Crippen MR) is 119 cm³/mol. The van der Waals surface area contributed by atoms with Crippen LogP contribution in [0.5, 0.6) is 0 Å². The molecular formula is C19H38N4O6S. The second-order valence-electron chi connectivity index (χ2n) is 5.97. The van der Waals surface area contributed by atoms with E-state index in [1.165, 1.54) is 7.11 Å². The average molecular weight is 451 g/mol. The minimum Gasteiger partial charge on any atom is -0.468 e. The number of hydrogen-bond acceptors (Lipinski definition) is 7. The molecular weight excluding hydrogens is 412 g/mol. The molecule has 0 bridgehead atoms. The van der Waals surface area contributed by atoms with Gasteiger partial charge in [-0.3, -0.25) is 24.0 Å². The van der Waals surface area contributed by atoms with Crippen LogP contribution in [0, 0.1) is 5.92 Å². The molecule has 0 heterocycles. The number of nitrogens with one attached hydrogen (secondary N) is 4. The zero-order chi connectivity index (χ0) is 23.9. The highest BCUT2D eigenvalue weighted by Crippen LogP contribution is 2.01. The van der Waals surface area contributed by atoms with Crippen LogP contribution in [0.4, 0.5) is 0 Å². The van der Waals surface area contributed by atoms with Crippen molar-refractivity contribution in [3.8, 4) is 0 Å². The average Bonchev–Trinajstić information content (AvgIpc) is 2.74. The Morgan fingerprint density at radius 2 is 1.50 bits per heavy atom. The quantitative estimate of drug-likeness (QED) is 0.243. The molecule has 0 aromatic heterocycles. The highest BCUT2D eigenvalue weighted by atomic mass is 32.2. The molecule has 176 valence electrons. The van der Waals surface area contributed by atoms with Crippen LogP contribution in [-0.4, -0.2) is 74.9 Å². The number of ether oxygens (including phenoxy) is 1. The molecule has 30 heavy (non-hydrogen) atoms. The minimum atomic E-state index is -0.581. The first-order chi connectivity index (χ1) is 14.2. The SMILES string of the molecule is CC.COC(=O)CNC(=O)CNC(=O)CNC=O.CSCCC(C)NC(=O)C(C)C. The molecule has 0 aromatic carbocycles. The third kappa shape index (κ3) is 23.7. The lowest BCUT2D eigenvalue weighted by atomic mass is 10.2. The predicted octanol–water partition coefficient (Wildman–Crippen LogP) is 0.0642. The van der Waals surface area contributed by atoms with Crippen molar-refractivity contribution in [1.82, 2.24) is 21.3 Å². The molecule has 10 nitrogen and oxygen atoms in total. The second kappa shape index (κ2) is 23.0. The maximum Gasteiger partial charge on any atom is 0.325 e. The second-order valence-corrected chi connectivity index (χ2v) is 6.96. The molecule has 4 N–H and O–H groups in total. The van der Waals surface area contributed by atoms with Crippen molar-refractivity contribution in [2.24, 2.45) is 5.92 Å². The number of thioether (sulfide) groups is 1. The standard InChI is InChI=1S/C9H19NOS.C8H13N3O5.C2H6/c1-7(2)9(11)10-8(3)5-6-12-4;1-16-8(15)4-11-7(14)3-10-6(13)2-9-5-12;1-2/h7-8H,5-6H2,1-4H3,(H,10,11);5H,2-4H2,1H3,(H,9,12)(H,10,13)(H,11,14);1-2H3. The van der Waals surface area contributed by atoms with Gasteiger partial charge in [0, 0.05) is 12.0 Å². The summed E-state index contributed by atoms with van der Waals surface area (Å²) in [5.41, 5.74) is 0. The fraction of sp³-hybridized carbons (Fsp3) is 0.737. The summed E-state index contributed by atoms with van der Waals surface area (Å²) in [5.74, 6) is -0.239. The van der Waals surface area contributed by atoms with Crippen LogP contribution >= 0.6 is 11.8 Å². The van der Waals surface area contributed by atoms with Gasteiger partial charge in [-0.05, 0) is 25.4 Å². The first-order valence-electron chi connectivity index (χ1n) is 9.74. The lowest BCUT2D eigenvalue weighted by molar-refractivity contribution is -0.141. The van der Waals surface area contributed by atoms with Crippen LogP contribution < -0.4 is 21.3 Å². The maximum absolute atomic E-state index is 11.2. The summed E-state index contributed by atoms with van der Waals surface area (Å²) in [7, 11) is 1.20. The van der Waals surface area contributed by atoms with Crippen LogP contribution in [0.3, 0.4) is 0 Å². The number of carbonyl (C=O) groups excluding carboxylic acids is 5. The van der Waals surface area contributed by atoms with Gasteiger partial charge in [0.2, 0.25) is 24.1 Å². The number of hydrogen-bond donors (Lipinski definition) is 4. The molecule has 1 unspecified atom stereocenters. The van der Waals surface area contributed by atoms with E-state index in [4.69, 9.17) is 0 Å². The van der Waals surface area contributed by atoms with Crippen molar-refractivity contribution in [3.63, 3.8) is 0 Å². The van der Waals surface area contributed by atoms with E-state index in [9.17, 15) is 24.0 Å². The fourth-order valence-electron chi connectivity index (χ4n) is 1.46. The van der Waals surface area contributed by atoms with Crippen LogP contribution in [-0.2, 0) is 28.7 Å². The Bertz CT molecular complexity index is 503. The van der Waals surface area contributed by atoms with E-state index in [-0.39, 0.29) is 31.5 Å². The van der Waals surface area contributed by atoms with Gasteiger partial charge in [0.25, 0.3) is 0 Å². The first kappa shape index (κ1) is 32.4. The highest BCUT2D eigenvalue weighted by Gasteiger charge is 2.09. The van der Waals surface area contributed by atoms with Crippen LogP contribution in [0.1, 0.15) is 41.0 Å². The van der Waals surface area contributed by atoms with Gasteiger partial charge in [-0.25, -0.2) is 0 Å². The molecule has 0 aliphatic heterocycles. The van der Waals surface area contributed by atoms with Crippen molar-refractivity contribution in [2.45, 2.75) is 47.1 Å². The zero-order valence-corrected chi connectivity index (χ0v) is 19.9. The third-order valence-corrected chi connectivity index (χ3v) is 3.76. The number of amides is 4. The molecule has 0 rings (SSSR count). The Kier molecular flexibility index (Phi) is 24.8.